The van der Waals surface area contributed by atoms with Gasteiger partial charge in [0.1, 0.15) is 18.2 Å². The summed E-state index contributed by atoms with van der Waals surface area (Å²) in [5.74, 6) is -1.16. The lowest BCUT2D eigenvalue weighted by molar-refractivity contribution is -0.129. The average molecular weight is 486 g/mol. The number of carbonyl (C=O) groups is 1. The molecule has 1 heterocycles. The maximum Gasteiger partial charge on any atom is 0.264 e. The van der Waals surface area contributed by atoms with Gasteiger partial charge >= 0.3 is 0 Å². The molecule has 178 valence electrons. The van der Waals surface area contributed by atoms with Crippen molar-refractivity contribution < 1.29 is 22.0 Å². The van der Waals surface area contributed by atoms with Crippen LogP contribution in [-0.2, 0) is 14.8 Å². The number of amides is 1. The quantitative estimate of drug-likeness (QED) is 0.533. The fraction of sp³-hybridized carbons (Fsp3) is 0.240. The number of hydrogen-bond acceptors (Lipinski definition) is 4. The van der Waals surface area contributed by atoms with E-state index in [1.807, 2.05) is 11.8 Å². The summed E-state index contributed by atoms with van der Waals surface area (Å²) < 4.78 is 54.6. The van der Waals surface area contributed by atoms with Crippen LogP contribution in [0, 0.1) is 18.6 Å². The molecule has 1 fully saturated rings. The number of nitrogens with zero attached hydrogens (tertiary/aromatic N) is 3. The molecule has 0 bridgehead atoms. The number of aryl methyl sites for hydroxylation is 1. The van der Waals surface area contributed by atoms with Crippen molar-refractivity contribution in [1.29, 1.82) is 0 Å². The molecule has 1 aliphatic heterocycles. The van der Waals surface area contributed by atoms with Gasteiger partial charge in [0.15, 0.2) is 0 Å². The smallest absolute Gasteiger partial charge is 0.264 e. The summed E-state index contributed by atoms with van der Waals surface area (Å²) in [5.41, 5.74) is 1.98. The van der Waals surface area contributed by atoms with Gasteiger partial charge in [0.05, 0.1) is 10.6 Å². The molecule has 0 aromatic heterocycles. The first kappa shape index (κ1) is 23.7. The lowest BCUT2D eigenvalue weighted by Gasteiger charge is -2.37. The van der Waals surface area contributed by atoms with Crippen LogP contribution in [0.1, 0.15) is 5.56 Å². The largest absolute Gasteiger partial charge is 0.368 e. The topological polar surface area (TPSA) is 60.9 Å². The highest BCUT2D eigenvalue weighted by Crippen LogP contribution is 2.25. The Morgan fingerprint density at radius 2 is 1.35 bits per heavy atom. The zero-order valence-electron chi connectivity index (χ0n) is 18.7. The van der Waals surface area contributed by atoms with Crippen LogP contribution in [0.25, 0.3) is 0 Å². The summed E-state index contributed by atoms with van der Waals surface area (Å²) in [6.45, 7) is 3.33. The molecule has 0 atom stereocenters. The molecule has 9 heteroatoms. The average Bonchev–Trinajstić information content (AvgIpc) is 2.84. The number of carbonyl (C=O) groups excluding carboxylic acids is 1. The number of piperazine rings is 1. The molecule has 6 nitrogen and oxygen atoms in total. The second-order valence-electron chi connectivity index (χ2n) is 8.15. The minimum atomic E-state index is -4.06. The summed E-state index contributed by atoms with van der Waals surface area (Å²) in [7, 11) is -4.06. The Labute approximate surface area is 198 Å². The van der Waals surface area contributed by atoms with Crippen molar-refractivity contribution in [2.75, 3.05) is 41.9 Å². The van der Waals surface area contributed by atoms with Gasteiger partial charge < -0.3 is 9.80 Å². The molecule has 3 aromatic carbocycles. The third kappa shape index (κ3) is 5.20. The minimum Gasteiger partial charge on any atom is -0.368 e. The lowest BCUT2D eigenvalue weighted by atomic mass is 10.2. The zero-order chi connectivity index (χ0) is 24.3. The fourth-order valence-corrected chi connectivity index (χ4v) is 5.26. The van der Waals surface area contributed by atoms with E-state index >= 15 is 0 Å². The van der Waals surface area contributed by atoms with E-state index in [1.165, 1.54) is 48.5 Å². The van der Waals surface area contributed by atoms with Gasteiger partial charge in [-0.1, -0.05) is 17.7 Å². The Morgan fingerprint density at radius 1 is 0.824 bits per heavy atom. The zero-order valence-corrected chi connectivity index (χ0v) is 19.5. The number of benzene rings is 3. The maximum atomic E-state index is 13.5. The van der Waals surface area contributed by atoms with Gasteiger partial charge in [-0.2, -0.15) is 0 Å². The molecule has 0 spiro atoms. The van der Waals surface area contributed by atoms with Crippen LogP contribution in [0.4, 0.5) is 20.2 Å². The minimum absolute atomic E-state index is 0.0522. The summed E-state index contributed by atoms with van der Waals surface area (Å²) in [4.78, 5) is 16.9. The first-order valence-electron chi connectivity index (χ1n) is 10.9. The standard InChI is InChI=1S/C25H25F2N3O3S/c1-19-2-12-24(13-3-19)34(32,33)30(23-10-6-21(27)7-11-23)18-25(31)29-16-14-28(15-17-29)22-8-4-20(26)5-9-22/h2-13H,14-18H2,1H3. The highest BCUT2D eigenvalue weighted by molar-refractivity contribution is 7.92. The Kier molecular flexibility index (Phi) is 6.83. The molecule has 1 aliphatic rings. The predicted octanol–water partition coefficient (Wildman–Crippen LogP) is 3.82. The van der Waals surface area contributed by atoms with E-state index in [2.05, 4.69) is 0 Å². The monoisotopic (exact) mass is 485 g/mol. The summed E-state index contributed by atoms with van der Waals surface area (Å²) in [5, 5.41) is 0. The Bertz CT molecular complexity index is 1240. The van der Waals surface area contributed by atoms with Gasteiger partial charge in [-0.05, 0) is 67.6 Å². The lowest BCUT2D eigenvalue weighted by Crippen LogP contribution is -2.52. The molecule has 3 aromatic rings. The van der Waals surface area contributed by atoms with Crippen molar-refractivity contribution in [1.82, 2.24) is 4.90 Å². The molecule has 0 N–H and O–H groups in total. The van der Waals surface area contributed by atoms with E-state index < -0.39 is 22.4 Å². The molecule has 1 amide bonds. The SMILES string of the molecule is Cc1ccc(S(=O)(=O)N(CC(=O)N2CCN(c3ccc(F)cc3)CC2)c2ccc(F)cc2)cc1. The van der Waals surface area contributed by atoms with Gasteiger partial charge in [0.2, 0.25) is 5.91 Å². The molecule has 4 rings (SSSR count). The van der Waals surface area contributed by atoms with Gasteiger partial charge in [0.25, 0.3) is 10.0 Å². The molecular formula is C25H25F2N3O3S. The van der Waals surface area contributed by atoms with E-state index in [0.29, 0.717) is 26.2 Å². The molecule has 1 saturated heterocycles. The summed E-state index contributed by atoms with van der Waals surface area (Å²) in [6, 6.07) is 17.6. The van der Waals surface area contributed by atoms with Crippen LogP contribution in [0.3, 0.4) is 0 Å². The number of halogens is 2. The van der Waals surface area contributed by atoms with Crippen molar-refractivity contribution in [2.24, 2.45) is 0 Å². The Morgan fingerprint density at radius 3 is 1.91 bits per heavy atom. The molecule has 0 aliphatic carbocycles. The number of hydrogen-bond donors (Lipinski definition) is 0. The van der Waals surface area contributed by atoms with Crippen LogP contribution in [-0.4, -0.2) is 51.9 Å². The van der Waals surface area contributed by atoms with E-state index in [-0.39, 0.29) is 22.3 Å². The first-order chi connectivity index (χ1) is 16.2. The molecule has 34 heavy (non-hydrogen) atoms. The van der Waals surface area contributed by atoms with E-state index in [9.17, 15) is 22.0 Å². The Balaban J connectivity index is 1.52. The van der Waals surface area contributed by atoms with Crippen LogP contribution < -0.4 is 9.21 Å². The normalized spacial score (nSPS) is 14.2. The van der Waals surface area contributed by atoms with Crippen LogP contribution >= 0.6 is 0 Å². The van der Waals surface area contributed by atoms with Gasteiger partial charge in [-0.25, -0.2) is 17.2 Å². The van der Waals surface area contributed by atoms with Crippen molar-refractivity contribution in [2.45, 2.75) is 11.8 Å². The highest BCUT2D eigenvalue weighted by Gasteiger charge is 2.30. The molecule has 0 saturated carbocycles. The van der Waals surface area contributed by atoms with Crippen LogP contribution in [0.5, 0.6) is 0 Å². The maximum absolute atomic E-state index is 13.5. The summed E-state index contributed by atoms with van der Waals surface area (Å²) in [6.07, 6.45) is 0. The van der Waals surface area contributed by atoms with Crippen molar-refractivity contribution in [3.8, 4) is 0 Å². The first-order valence-corrected chi connectivity index (χ1v) is 12.3. The second kappa shape index (κ2) is 9.80. The Hall–Kier alpha value is -3.46. The number of sulfonamides is 1. The second-order valence-corrected chi connectivity index (χ2v) is 10.0. The van der Waals surface area contributed by atoms with E-state index in [0.717, 1.165) is 15.6 Å². The molecule has 0 unspecified atom stereocenters. The van der Waals surface area contributed by atoms with E-state index in [1.54, 1.807) is 29.2 Å². The fourth-order valence-electron chi connectivity index (χ4n) is 3.85. The van der Waals surface area contributed by atoms with Crippen LogP contribution in [0.15, 0.2) is 77.7 Å². The van der Waals surface area contributed by atoms with Crippen molar-refractivity contribution in [3.63, 3.8) is 0 Å². The number of rotatable bonds is 6. The van der Waals surface area contributed by atoms with Crippen LogP contribution in [0.2, 0.25) is 0 Å². The predicted molar refractivity (Wildman–Crippen MR) is 127 cm³/mol. The third-order valence-corrected chi connectivity index (χ3v) is 7.61. The van der Waals surface area contributed by atoms with Crippen molar-refractivity contribution >= 4 is 27.3 Å². The molecular weight excluding hydrogens is 460 g/mol. The van der Waals surface area contributed by atoms with Gasteiger partial charge in [0, 0.05) is 31.9 Å². The van der Waals surface area contributed by atoms with E-state index in [4.69, 9.17) is 0 Å². The highest BCUT2D eigenvalue weighted by atomic mass is 32.2. The number of anilines is 2. The molecule has 0 radical (unpaired) electrons. The summed E-state index contributed by atoms with van der Waals surface area (Å²) >= 11 is 0. The third-order valence-electron chi connectivity index (χ3n) is 5.83. The van der Waals surface area contributed by atoms with Crippen molar-refractivity contribution in [3.05, 3.63) is 90.0 Å². The van der Waals surface area contributed by atoms with Gasteiger partial charge in [-0.3, -0.25) is 9.10 Å². The van der Waals surface area contributed by atoms with Gasteiger partial charge in [-0.15, -0.1) is 0 Å².